The van der Waals surface area contributed by atoms with Crippen molar-refractivity contribution in [3.8, 4) is 0 Å². The van der Waals surface area contributed by atoms with E-state index in [4.69, 9.17) is 5.73 Å². The maximum atomic E-state index is 11.7. The third-order valence-electron chi connectivity index (χ3n) is 2.02. The van der Waals surface area contributed by atoms with Gasteiger partial charge in [-0.05, 0) is 19.9 Å². The Kier molecular flexibility index (Phi) is 2.90. The van der Waals surface area contributed by atoms with Crippen LogP contribution in [-0.2, 0) is 7.05 Å². The number of nitrogens with zero attached hydrogens (tertiary/aromatic N) is 2. The lowest BCUT2D eigenvalue weighted by atomic mass is 10.1. The summed E-state index contributed by atoms with van der Waals surface area (Å²) in [6.07, 6.45) is 1.59. The molecule has 0 unspecified atom stereocenters. The summed E-state index contributed by atoms with van der Waals surface area (Å²) in [7, 11) is 1.73. The summed E-state index contributed by atoms with van der Waals surface area (Å²) in [6, 6.07) is 1.67. The molecule has 0 aliphatic heterocycles. The SMILES string of the molecule is Cn1nccc1C(=O)NC(C)(C)CN. The van der Waals surface area contributed by atoms with Crippen LogP contribution in [0.5, 0.6) is 0 Å². The zero-order valence-corrected chi connectivity index (χ0v) is 8.74. The van der Waals surface area contributed by atoms with E-state index in [2.05, 4.69) is 10.4 Å². The number of amides is 1. The highest BCUT2D eigenvalue weighted by molar-refractivity contribution is 5.92. The topological polar surface area (TPSA) is 72.9 Å². The van der Waals surface area contributed by atoms with E-state index < -0.39 is 0 Å². The molecule has 5 heteroatoms. The minimum absolute atomic E-state index is 0.152. The molecule has 0 radical (unpaired) electrons. The van der Waals surface area contributed by atoms with Gasteiger partial charge in [-0.2, -0.15) is 5.10 Å². The van der Waals surface area contributed by atoms with Crippen molar-refractivity contribution >= 4 is 5.91 Å². The summed E-state index contributed by atoms with van der Waals surface area (Å²) in [5, 5.41) is 6.74. The van der Waals surface area contributed by atoms with Crippen LogP contribution in [0.4, 0.5) is 0 Å². The highest BCUT2D eigenvalue weighted by atomic mass is 16.2. The lowest BCUT2D eigenvalue weighted by molar-refractivity contribution is 0.0906. The van der Waals surface area contributed by atoms with Crippen LogP contribution in [0.2, 0.25) is 0 Å². The molecule has 0 saturated heterocycles. The van der Waals surface area contributed by atoms with Gasteiger partial charge >= 0.3 is 0 Å². The number of carbonyl (C=O) groups is 1. The predicted octanol–water partition coefficient (Wildman–Crippen LogP) is -0.113. The summed E-state index contributed by atoms with van der Waals surface area (Å²) < 4.78 is 1.53. The first-order chi connectivity index (χ1) is 6.46. The van der Waals surface area contributed by atoms with Crippen molar-refractivity contribution in [1.29, 1.82) is 0 Å². The summed E-state index contributed by atoms with van der Waals surface area (Å²) in [6.45, 7) is 4.15. The Morgan fingerprint density at radius 1 is 1.71 bits per heavy atom. The van der Waals surface area contributed by atoms with Gasteiger partial charge in [-0.1, -0.05) is 0 Å². The molecule has 0 saturated carbocycles. The first-order valence-electron chi connectivity index (χ1n) is 4.47. The van der Waals surface area contributed by atoms with Gasteiger partial charge in [-0.15, -0.1) is 0 Å². The molecule has 5 nitrogen and oxygen atoms in total. The Labute approximate surface area is 83.3 Å². The van der Waals surface area contributed by atoms with Crippen LogP contribution in [0.25, 0.3) is 0 Å². The molecule has 14 heavy (non-hydrogen) atoms. The standard InChI is InChI=1S/C9H16N4O/c1-9(2,6-10)12-8(14)7-4-5-11-13(7)3/h4-5H,6,10H2,1-3H3,(H,12,14). The van der Waals surface area contributed by atoms with E-state index in [1.807, 2.05) is 13.8 Å². The van der Waals surface area contributed by atoms with Gasteiger partial charge in [-0.25, -0.2) is 0 Å². The zero-order valence-electron chi connectivity index (χ0n) is 8.74. The van der Waals surface area contributed by atoms with Crippen molar-refractivity contribution in [1.82, 2.24) is 15.1 Å². The van der Waals surface area contributed by atoms with Gasteiger partial charge < -0.3 is 11.1 Å². The second-order valence-electron chi connectivity index (χ2n) is 3.88. The largest absolute Gasteiger partial charge is 0.345 e. The Morgan fingerprint density at radius 3 is 2.79 bits per heavy atom. The number of carbonyl (C=O) groups excluding carboxylic acids is 1. The van der Waals surface area contributed by atoms with Crippen LogP contribution in [0.15, 0.2) is 12.3 Å². The van der Waals surface area contributed by atoms with Crippen molar-refractivity contribution in [3.63, 3.8) is 0 Å². The molecule has 0 spiro atoms. The molecule has 0 aliphatic rings. The minimum atomic E-state index is -0.388. The van der Waals surface area contributed by atoms with E-state index in [0.29, 0.717) is 12.2 Å². The molecule has 0 aliphatic carbocycles. The van der Waals surface area contributed by atoms with E-state index in [1.54, 1.807) is 19.3 Å². The summed E-state index contributed by atoms with van der Waals surface area (Å²) >= 11 is 0. The summed E-state index contributed by atoms with van der Waals surface area (Å²) in [5.41, 5.74) is 5.66. The molecular weight excluding hydrogens is 180 g/mol. The maximum absolute atomic E-state index is 11.7. The minimum Gasteiger partial charge on any atom is -0.345 e. The van der Waals surface area contributed by atoms with Crippen molar-refractivity contribution in [2.75, 3.05) is 6.54 Å². The first kappa shape index (κ1) is 10.7. The first-order valence-corrected chi connectivity index (χ1v) is 4.47. The second-order valence-corrected chi connectivity index (χ2v) is 3.88. The van der Waals surface area contributed by atoms with E-state index in [-0.39, 0.29) is 11.4 Å². The van der Waals surface area contributed by atoms with Gasteiger partial charge in [0.1, 0.15) is 5.69 Å². The number of nitrogens with two attached hydrogens (primary N) is 1. The van der Waals surface area contributed by atoms with E-state index in [9.17, 15) is 4.79 Å². The van der Waals surface area contributed by atoms with E-state index in [1.165, 1.54) is 4.68 Å². The fraction of sp³-hybridized carbons (Fsp3) is 0.556. The van der Waals surface area contributed by atoms with Crippen molar-refractivity contribution in [2.24, 2.45) is 12.8 Å². The van der Waals surface area contributed by atoms with E-state index >= 15 is 0 Å². The van der Waals surface area contributed by atoms with Gasteiger partial charge in [0, 0.05) is 25.3 Å². The van der Waals surface area contributed by atoms with Gasteiger partial charge in [0.25, 0.3) is 5.91 Å². The lowest BCUT2D eigenvalue weighted by Gasteiger charge is -2.23. The molecule has 0 aromatic carbocycles. The van der Waals surface area contributed by atoms with Crippen molar-refractivity contribution in [3.05, 3.63) is 18.0 Å². The Morgan fingerprint density at radius 2 is 2.36 bits per heavy atom. The molecule has 1 heterocycles. The summed E-state index contributed by atoms with van der Waals surface area (Å²) in [4.78, 5) is 11.7. The third kappa shape index (κ3) is 2.32. The highest BCUT2D eigenvalue weighted by Gasteiger charge is 2.20. The van der Waals surface area contributed by atoms with Crippen LogP contribution in [-0.4, -0.2) is 27.8 Å². The van der Waals surface area contributed by atoms with Gasteiger partial charge in [0.2, 0.25) is 0 Å². The van der Waals surface area contributed by atoms with Crippen LogP contribution >= 0.6 is 0 Å². The number of aryl methyl sites for hydroxylation is 1. The fourth-order valence-electron chi connectivity index (χ4n) is 1.02. The molecule has 1 aromatic rings. The number of aromatic nitrogens is 2. The Hall–Kier alpha value is -1.36. The summed E-state index contributed by atoms with van der Waals surface area (Å²) in [5.74, 6) is -0.152. The molecule has 0 bridgehead atoms. The molecule has 0 atom stereocenters. The maximum Gasteiger partial charge on any atom is 0.269 e. The normalized spacial score (nSPS) is 11.4. The molecule has 1 aromatic heterocycles. The molecule has 78 valence electrons. The van der Waals surface area contributed by atoms with Gasteiger partial charge in [-0.3, -0.25) is 9.48 Å². The quantitative estimate of drug-likeness (QED) is 0.708. The molecule has 3 N–H and O–H groups in total. The molecule has 0 fully saturated rings. The predicted molar refractivity (Wildman–Crippen MR) is 53.8 cm³/mol. The average molecular weight is 196 g/mol. The van der Waals surface area contributed by atoms with Crippen LogP contribution in [0.1, 0.15) is 24.3 Å². The van der Waals surface area contributed by atoms with Crippen molar-refractivity contribution in [2.45, 2.75) is 19.4 Å². The number of hydrogen-bond acceptors (Lipinski definition) is 3. The third-order valence-corrected chi connectivity index (χ3v) is 2.02. The van der Waals surface area contributed by atoms with Crippen LogP contribution in [0, 0.1) is 0 Å². The van der Waals surface area contributed by atoms with Crippen LogP contribution in [0.3, 0.4) is 0 Å². The molecular formula is C9H16N4O. The van der Waals surface area contributed by atoms with Gasteiger partial charge in [0.15, 0.2) is 0 Å². The highest BCUT2D eigenvalue weighted by Crippen LogP contribution is 2.02. The molecule has 1 rings (SSSR count). The lowest BCUT2D eigenvalue weighted by Crippen LogP contribution is -2.49. The fourth-order valence-corrected chi connectivity index (χ4v) is 1.02. The Balaban J connectivity index is 2.73. The monoisotopic (exact) mass is 196 g/mol. The van der Waals surface area contributed by atoms with Crippen LogP contribution < -0.4 is 11.1 Å². The number of hydrogen-bond donors (Lipinski definition) is 2. The Bertz CT molecular complexity index is 329. The van der Waals surface area contributed by atoms with E-state index in [0.717, 1.165) is 0 Å². The molecule has 1 amide bonds. The smallest absolute Gasteiger partial charge is 0.269 e. The zero-order chi connectivity index (χ0) is 10.8. The number of nitrogens with one attached hydrogen (secondary N) is 1. The second kappa shape index (κ2) is 3.79. The van der Waals surface area contributed by atoms with Crippen molar-refractivity contribution < 1.29 is 4.79 Å². The number of rotatable bonds is 3. The average Bonchev–Trinajstić information content (AvgIpc) is 2.51. The van der Waals surface area contributed by atoms with Gasteiger partial charge in [0.05, 0.1) is 0 Å².